The number of sulfonamides is 1. The average molecular weight is 470 g/mol. The zero-order valence-corrected chi connectivity index (χ0v) is 19.5. The van der Waals surface area contributed by atoms with Crippen molar-refractivity contribution in [2.45, 2.75) is 11.4 Å². The second-order valence-electron chi connectivity index (χ2n) is 7.72. The van der Waals surface area contributed by atoms with E-state index in [-0.39, 0.29) is 23.9 Å². The molecule has 3 aromatic rings. The largest absolute Gasteiger partial charge is 0.493 e. The van der Waals surface area contributed by atoms with E-state index >= 15 is 0 Å². The fourth-order valence-corrected chi connectivity index (χ4v) is 5.38. The molecule has 0 saturated carbocycles. The van der Waals surface area contributed by atoms with E-state index in [1.165, 1.54) is 30.7 Å². The summed E-state index contributed by atoms with van der Waals surface area (Å²) in [6.07, 6.45) is 1.89. The first-order valence-electron chi connectivity index (χ1n) is 10.6. The van der Waals surface area contributed by atoms with E-state index in [0.717, 1.165) is 5.56 Å². The number of carbonyl (C=O) groups excluding carboxylic acids is 1. The molecule has 1 saturated heterocycles. The monoisotopic (exact) mass is 469 g/mol. The lowest BCUT2D eigenvalue weighted by Gasteiger charge is -2.34. The van der Waals surface area contributed by atoms with Gasteiger partial charge in [-0.25, -0.2) is 8.42 Å². The minimum Gasteiger partial charge on any atom is -0.493 e. The number of hydrogen-bond donors (Lipinski definition) is 0. The Bertz CT molecular complexity index is 1220. The van der Waals surface area contributed by atoms with Crippen LogP contribution in [0, 0.1) is 0 Å². The van der Waals surface area contributed by atoms with Crippen LogP contribution in [0.5, 0.6) is 11.5 Å². The number of piperazine rings is 1. The Labute approximate surface area is 194 Å². The molecule has 9 heteroatoms. The molecule has 1 aromatic heterocycles. The fourth-order valence-electron chi connectivity index (χ4n) is 3.95. The number of hydrogen-bond acceptors (Lipinski definition) is 5. The van der Waals surface area contributed by atoms with Crippen LogP contribution >= 0.6 is 0 Å². The Balaban J connectivity index is 1.44. The fraction of sp³-hybridized carbons (Fsp3) is 0.292. The molecule has 0 N–H and O–H groups in total. The molecule has 0 unspecified atom stereocenters. The predicted octanol–water partition coefficient (Wildman–Crippen LogP) is 2.70. The molecule has 0 atom stereocenters. The van der Waals surface area contributed by atoms with Gasteiger partial charge in [-0.15, -0.1) is 0 Å². The van der Waals surface area contributed by atoms with E-state index in [2.05, 4.69) is 0 Å². The van der Waals surface area contributed by atoms with E-state index in [1.54, 1.807) is 17.0 Å². The zero-order chi connectivity index (χ0) is 23.4. The van der Waals surface area contributed by atoms with Crippen LogP contribution in [-0.4, -0.2) is 68.5 Å². The molecule has 1 fully saturated rings. The minimum absolute atomic E-state index is 0.0981. The maximum absolute atomic E-state index is 13.2. The van der Waals surface area contributed by atoms with Crippen molar-refractivity contribution in [1.82, 2.24) is 13.8 Å². The first-order valence-corrected chi connectivity index (χ1v) is 12.1. The summed E-state index contributed by atoms with van der Waals surface area (Å²) in [5, 5.41) is 0. The summed E-state index contributed by atoms with van der Waals surface area (Å²) in [6, 6.07) is 18.1. The second kappa shape index (κ2) is 9.68. The number of carbonyl (C=O) groups is 1. The summed E-state index contributed by atoms with van der Waals surface area (Å²) in [6.45, 7) is 1.69. The van der Waals surface area contributed by atoms with Crippen LogP contribution in [0.3, 0.4) is 0 Å². The van der Waals surface area contributed by atoms with Gasteiger partial charge in [0.25, 0.3) is 5.91 Å². The van der Waals surface area contributed by atoms with Gasteiger partial charge in [0.15, 0.2) is 11.5 Å². The molecule has 0 aliphatic carbocycles. The molecule has 4 rings (SSSR count). The number of amides is 1. The van der Waals surface area contributed by atoms with Gasteiger partial charge in [-0.05, 0) is 29.8 Å². The third kappa shape index (κ3) is 4.74. The SMILES string of the molecule is COc1ccc(S(=O)(=O)N2CCN(C(=O)c3cccn3Cc3ccccc3)CC2)cc1OC. The number of ether oxygens (including phenoxy) is 2. The van der Waals surface area contributed by atoms with Crippen molar-refractivity contribution in [2.24, 2.45) is 0 Å². The third-order valence-electron chi connectivity index (χ3n) is 5.76. The maximum Gasteiger partial charge on any atom is 0.270 e. The van der Waals surface area contributed by atoms with Crippen LogP contribution in [0.25, 0.3) is 0 Å². The number of rotatable bonds is 7. The Morgan fingerprint density at radius 1 is 0.879 bits per heavy atom. The molecule has 0 bridgehead atoms. The highest BCUT2D eigenvalue weighted by molar-refractivity contribution is 7.89. The van der Waals surface area contributed by atoms with E-state index in [9.17, 15) is 13.2 Å². The number of methoxy groups -OCH3 is 2. The molecule has 0 spiro atoms. The summed E-state index contributed by atoms with van der Waals surface area (Å²) in [5.74, 6) is 0.719. The van der Waals surface area contributed by atoms with Crippen LogP contribution in [-0.2, 0) is 16.6 Å². The molecular weight excluding hydrogens is 442 g/mol. The Kier molecular flexibility index (Phi) is 6.71. The van der Waals surface area contributed by atoms with Crippen LogP contribution in [0.1, 0.15) is 16.1 Å². The topological polar surface area (TPSA) is 81.1 Å². The molecule has 33 heavy (non-hydrogen) atoms. The van der Waals surface area contributed by atoms with Crippen LogP contribution in [0.4, 0.5) is 0 Å². The van der Waals surface area contributed by atoms with Gasteiger partial charge in [-0.1, -0.05) is 30.3 Å². The van der Waals surface area contributed by atoms with Crippen LogP contribution in [0.2, 0.25) is 0 Å². The normalized spacial score (nSPS) is 14.8. The second-order valence-corrected chi connectivity index (χ2v) is 9.66. The van der Waals surface area contributed by atoms with E-state index in [0.29, 0.717) is 36.8 Å². The smallest absolute Gasteiger partial charge is 0.270 e. The molecule has 1 amide bonds. The molecule has 2 heterocycles. The molecule has 8 nitrogen and oxygen atoms in total. The van der Waals surface area contributed by atoms with Gasteiger partial charge in [0.05, 0.1) is 19.1 Å². The van der Waals surface area contributed by atoms with Crippen LogP contribution in [0.15, 0.2) is 71.8 Å². The summed E-state index contributed by atoms with van der Waals surface area (Å²) in [7, 11) is -0.754. The van der Waals surface area contributed by atoms with Crippen molar-refractivity contribution in [3.05, 3.63) is 78.1 Å². The van der Waals surface area contributed by atoms with E-state index < -0.39 is 10.0 Å². The Morgan fingerprint density at radius 3 is 2.24 bits per heavy atom. The van der Waals surface area contributed by atoms with Crippen molar-refractivity contribution < 1.29 is 22.7 Å². The first kappa shape index (κ1) is 22.9. The van der Waals surface area contributed by atoms with Gasteiger partial charge in [0.1, 0.15) is 5.69 Å². The predicted molar refractivity (Wildman–Crippen MR) is 124 cm³/mol. The quantitative estimate of drug-likeness (QED) is 0.532. The highest BCUT2D eigenvalue weighted by Gasteiger charge is 2.31. The average Bonchev–Trinajstić information content (AvgIpc) is 3.31. The summed E-state index contributed by atoms with van der Waals surface area (Å²) < 4.78 is 40.0. The van der Waals surface area contributed by atoms with Gasteiger partial charge in [-0.3, -0.25) is 4.79 Å². The van der Waals surface area contributed by atoms with Gasteiger partial charge in [-0.2, -0.15) is 4.31 Å². The summed E-state index contributed by atoms with van der Waals surface area (Å²) >= 11 is 0. The Hall–Kier alpha value is -3.30. The molecule has 0 radical (unpaired) electrons. The molecule has 1 aliphatic rings. The molecule has 2 aromatic carbocycles. The number of benzene rings is 2. The lowest BCUT2D eigenvalue weighted by atomic mass is 10.2. The first-order chi connectivity index (χ1) is 15.9. The lowest BCUT2D eigenvalue weighted by molar-refractivity contribution is 0.0687. The van der Waals surface area contributed by atoms with Gasteiger partial charge >= 0.3 is 0 Å². The maximum atomic E-state index is 13.2. The zero-order valence-electron chi connectivity index (χ0n) is 18.7. The minimum atomic E-state index is -3.72. The van der Waals surface area contributed by atoms with Crippen molar-refractivity contribution in [1.29, 1.82) is 0 Å². The highest BCUT2D eigenvalue weighted by atomic mass is 32.2. The van der Waals surface area contributed by atoms with Crippen LogP contribution < -0.4 is 9.47 Å². The highest BCUT2D eigenvalue weighted by Crippen LogP contribution is 2.31. The van der Waals surface area contributed by atoms with Crippen molar-refractivity contribution >= 4 is 15.9 Å². The van der Waals surface area contributed by atoms with E-state index in [4.69, 9.17) is 9.47 Å². The molecule has 1 aliphatic heterocycles. The van der Waals surface area contributed by atoms with Crippen molar-refractivity contribution in [3.8, 4) is 11.5 Å². The van der Waals surface area contributed by atoms with Gasteiger partial charge in [0, 0.05) is 45.0 Å². The molecule has 174 valence electrons. The summed E-state index contributed by atoms with van der Waals surface area (Å²) in [4.78, 5) is 15.0. The standard InChI is InChI=1S/C24H27N3O5S/c1-31-22-11-10-20(17-23(22)32-2)33(29,30)27-15-13-25(14-16-27)24(28)21-9-6-12-26(21)18-19-7-4-3-5-8-19/h3-12,17H,13-16,18H2,1-2H3. The van der Waals surface area contributed by atoms with E-state index in [1.807, 2.05) is 47.2 Å². The van der Waals surface area contributed by atoms with Crippen molar-refractivity contribution in [2.75, 3.05) is 40.4 Å². The van der Waals surface area contributed by atoms with Gasteiger partial charge < -0.3 is 18.9 Å². The molecular formula is C24H27N3O5S. The number of aromatic nitrogens is 1. The summed E-state index contributed by atoms with van der Waals surface area (Å²) in [5.41, 5.74) is 1.70. The van der Waals surface area contributed by atoms with Gasteiger partial charge in [0.2, 0.25) is 10.0 Å². The third-order valence-corrected chi connectivity index (χ3v) is 7.66. The number of nitrogens with zero attached hydrogens (tertiary/aromatic N) is 3. The lowest BCUT2D eigenvalue weighted by Crippen LogP contribution is -2.50. The Morgan fingerprint density at radius 2 is 1.58 bits per heavy atom. The van der Waals surface area contributed by atoms with Crippen molar-refractivity contribution in [3.63, 3.8) is 0 Å².